The molecule has 0 radical (unpaired) electrons. The third-order valence-electron chi connectivity index (χ3n) is 2.48. The van der Waals surface area contributed by atoms with E-state index in [0.29, 0.717) is 18.5 Å². The highest BCUT2D eigenvalue weighted by Gasteiger charge is 2.21. The van der Waals surface area contributed by atoms with E-state index in [9.17, 15) is 0 Å². The zero-order chi connectivity index (χ0) is 10.7. The zero-order valence-electron chi connectivity index (χ0n) is 8.98. The molecule has 1 aromatic rings. The molecule has 2 rings (SSSR count). The molecule has 1 aliphatic rings. The summed E-state index contributed by atoms with van der Waals surface area (Å²) in [5.41, 5.74) is 5.71. The molecule has 1 heterocycles. The number of hydrogen-bond donors (Lipinski definition) is 2. The topological polar surface area (TPSA) is 68.2 Å². The van der Waals surface area contributed by atoms with Crippen molar-refractivity contribution in [3.63, 3.8) is 0 Å². The molecule has 1 saturated carbocycles. The average Bonchev–Trinajstić information content (AvgIpc) is 2.91. The maximum atomic E-state index is 5.71. The Balaban J connectivity index is 1.75. The number of rotatable bonds is 4. The number of aryl methyl sites for hydroxylation is 1. The first-order chi connectivity index (χ1) is 7.25. The number of guanidine groups is 1. The molecule has 0 aromatic carbocycles. The molecule has 0 aliphatic heterocycles. The number of nitrogens with zero attached hydrogens (tertiary/aromatic N) is 3. The van der Waals surface area contributed by atoms with Crippen LogP contribution in [-0.2, 0) is 6.54 Å². The van der Waals surface area contributed by atoms with Gasteiger partial charge in [-0.2, -0.15) is 0 Å². The first-order valence-electron chi connectivity index (χ1n) is 5.30. The lowest BCUT2D eigenvalue weighted by Crippen LogP contribution is -2.33. The van der Waals surface area contributed by atoms with Gasteiger partial charge in [-0.15, -0.1) is 0 Å². The van der Waals surface area contributed by atoms with Gasteiger partial charge in [0, 0.05) is 25.0 Å². The summed E-state index contributed by atoms with van der Waals surface area (Å²) >= 11 is 0. The maximum absolute atomic E-state index is 5.71. The van der Waals surface area contributed by atoms with Crippen molar-refractivity contribution in [2.75, 3.05) is 6.54 Å². The summed E-state index contributed by atoms with van der Waals surface area (Å²) in [6.45, 7) is 3.51. The Morgan fingerprint density at radius 1 is 1.73 bits per heavy atom. The molecule has 0 amide bonds. The van der Waals surface area contributed by atoms with Gasteiger partial charge in [0.05, 0.1) is 6.54 Å². The van der Waals surface area contributed by atoms with Gasteiger partial charge < -0.3 is 15.6 Å². The second-order valence-electron chi connectivity index (χ2n) is 3.85. The smallest absolute Gasteiger partial charge is 0.188 e. The van der Waals surface area contributed by atoms with E-state index in [1.807, 2.05) is 13.1 Å². The Morgan fingerprint density at radius 2 is 2.53 bits per heavy atom. The van der Waals surface area contributed by atoms with Crippen LogP contribution < -0.4 is 11.1 Å². The van der Waals surface area contributed by atoms with E-state index < -0.39 is 0 Å². The summed E-state index contributed by atoms with van der Waals surface area (Å²) in [6.07, 6.45) is 6.19. The molecule has 5 nitrogen and oxygen atoms in total. The zero-order valence-corrected chi connectivity index (χ0v) is 8.98. The minimum Gasteiger partial charge on any atom is -0.370 e. The van der Waals surface area contributed by atoms with Crippen LogP contribution in [0.5, 0.6) is 0 Å². The third-order valence-corrected chi connectivity index (χ3v) is 2.48. The van der Waals surface area contributed by atoms with Gasteiger partial charge in [0.15, 0.2) is 5.96 Å². The summed E-state index contributed by atoms with van der Waals surface area (Å²) in [5, 5.41) is 3.15. The van der Waals surface area contributed by atoms with Crippen molar-refractivity contribution >= 4 is 5.96 Å². The Labute approximate surface area is 89.4 Å². The fraction of sp³-hybridized carbons (Fsp3) is 0.600. The van der Waals surface area contributed by atoms with Crippen LogP contribution >= 0.6 is 0 Å². The lowest BCUT2D eigenvalue weighted by atomic mass is 10.5. The fourth-order valence-electron chi connectivity index (χ4n) is 1.40. The highest BCUT2D eigenvalue weighted by molar-refractivity contribution is 5.78. The van der Waals surface area contributed by atoms with Gasteiger partial charge in [0.1, 0.15) is 5.82 Å². The van der Waals surface area contributed by atoms with E-state index in [2.05, 4.69) is 19.9 Å². The Kier molecular flexibility index (Phi) is 2.89. The van der Waals surface area contributed by atoms with Crippen LogP contribution in [-0.4, -0.2) is 28.1 Å². The first-order valence-corrected chi connectivity index (χ1v) is 5.30. The normalized spacial score (nSPS) is 16.7. The lowest BCUT2D eigenvalue weighted by Gasteiger charge is -2.04. The van der Waals surface area contributed by atoms with Crippen LogP contribution in [0.2, 0.25) is 0 Å². The second kappa shape index (κ2) is 4.33. The molecule has 1 aromatic heterocycles. The predicted molar refractivity (Wildman–Crippen MR) is 59.6 cm³/mol. The molecule has 15 heavy (non-hydrogen) atoms. The van der Waals surface area contributed by atoms with Gasteiger partial charge in [-0.25, -0.2) is 4.98 Å². The molecule has 0 saturated heterocycles. The third kappa shape index (κ3) is 2.97. The summed E-state index contributed by atoms with van der Waals surface area (Å²) in [5.74, 6) is 1.58. The summed E-state index contributed by atoms with van der Waals surface area (Å²) in [6, 6.07) is 0.573. The number of nitrogens with two attached hydrogens (primary N) is 1. The molecular weight excluding hydrogens is 190 g/mol. The van der Waals surface area contributed by atoms with Gasteiger partial charge in [-0.05, 0) is 19.8 Å². The lowest BCUT2D eigenvalue weighted by molar-refractivity contribution is 0.681. The maximum Gasteiger partial charge on any atom is 0.188 e. The molecule has 0 unspecified atom stereocenters. The monoisotopic (exact) mass is 207 g/mol. The SMILES string of the molecule is Cc1nccn1CCN=C(N)NC1CC1. The minimum atomic E-state index is 0.565. The summed E-state index contributed by atoms with van der Waals surface area (Å²) in [4.78, 5) is 8.40. The van der Waals surface area contributed by atoms with Crippen LogP contribution in [0.4, 0.5) is 0 Å². The van der Waals surface area contributed by atoms with Crippen molar-refractivity contribution in [3.05, 3.63) is 18.2 Å². The Bertz CT molecular complexity index is 350. The number of imidazole rings is 1. The van der Waals surface area contributed by atoms with E-state index in [0.717, 1.165) is 12.4 Å². The van der Waals surface area contributed by atoms with Crippen molar-refractivity contribution in [1.82, 2.24) is 14.9 Å². The van der Waals surface area contributed by atoms with Gasteiger partial charge in [0.25, 0.3) is 0 Å². The quantitative estimate of drug-likeness (QED) is 0.549. The number of nitrogens with one attached hydrogen (secondary N) is 1. The largest absolute Gasteiger partial charge is 0.370 e. The number of aromatic nitrogens is 2. The molecular formula is C10H17N5. The van der Waals surface area contributed by atoms with Crippen molar-refractivity contribution in [1.29, 1.82) is 0 Å². The molecule has 0 bridgehead atoms. The fourth-order valence-corrected chi connectivity index (χ4v) is 1.40. The molecule has 5 heteroatoms. The molecule has 1 fully saturated rings. The van der Waals surface area contributed by atoms with Crippen molar-refractivity contribution in [3.8, 4) is 0 Å². The molecule has 0 spiro atoms. The van der Waals surface area contributed by atoms with Crippen molar-refractivity contribution in [2.24, 2.45) is 10.7 Å². The summed E-state index contributed by atoms with van der Waals surface area (Å²) < 4.78 is 2.06. The number of hydrogen-bond acceptors (Lipinski definition) is 2. The first kappa shape index (κ1) is 10.0. The van der Waals surface area contributed by atoms with Gasteiger partial charge in [0.2, 0.25) is 0 Å². The number of aliphatic imine (C=N–C) groups is 1. The van der Waals surface area contributed by atoms with Crippen molar-refractivity contribution < 1.29 is 0 Å². The van der Waals surface area contributed by atoms with E-state index in [1.165, 1.54) is 12.8 Å². The van der Waals surface area contributed by atoms with Crippen LogP contribution in [0, 0.1) is 6.92 Å². The van der Waals surface area contributed by atoms with Gasteiger partial charge in [-0.1, -0.05) is 0 Å². The Morgan fingerprint density at radius 3 is 3.13 bits per heavy atom. The van der Waals surface area contributed by atoms with E-state index in [-0.39, 0.29) is 0 Å². The average molecular weight is 207 g/mol. The van der Waals surface area contributed by atoms with Crippen LogP contribution in [0.25, 0.3) is 0 Å². The molecule has 0 atom stereocenters. The second-order valence-corrected chi connectivity index (χ2v) is 3.85. The van der Waals surface area contributed by atoms with Crippen LogP contribution in [0.15, 0.2) is 17.4 Å². The molecule has 82 valence electrons. The Hall–Kier alpha value is -1.52. The predicted octanol–water partition coefficient (Wildman–Crippen LogP) is 0.258. The van der Waals surface area contributed by atoms with E-state index >= 15 is 0 Å². The standard InChI is InChI=1S/C10H17N5/c1-8-12-4-6-15(8)7-5-13-10(11)14-9-2-3-9/h4,6,9H,2-3,5,7H2,1H3,(H3,11,13,14). The summed E-state index contributed by atoms with van der Waals surface area (Å²) in [7, 11) is 0. The van der Waals surface area contributed by atoms with E-state index in [4.69, 9.17) is 5.73 Å². The van der Waals surface area contributed by atoms with Crippen LogP contribution in [0.3, 0.4) is 0 Å². The molecule has 3 N–H and O–H groups in total. The minimum absolute atomic E-state index is 0.565. The van der Waals surface area contributed by atoms with Crippen molar-refractivity contribution in [2.45, 2.75) is 32.4 Å². The highest BCUT2D eigenvalue weighted by atomic mass is 15.1. The van der Waals surface area contributed by atoms with Gasteiger partial charge >= 0.3 is 0 Å². The molecule has 1 aliphatic carbocycles. The highest BCUT2D eigenvalue weighted by Crippen LogP contribution is 2.17. The van der Waals surface area contributed by atoms with E-state index in [1.54, 1.807) is 6.20 Å². The van der Waals surface area contributed by atoms with Crippen LogP contribution in [0.1, 0.15) is 18.7 Å². The van der Waals surface area contributed by atoms with Gasteiger partial charge in [-0.3, -0.25) is 4.99 Å².